The summed E-state index contributed by atoms with van der Waals surface area (Å²) >= 11 is 0. The highest BCUT2D eigenvalue weighted by Crippen LogP contribution is 1.89. The normalized spacial score (nSPS) is 16.0. The van der Waals surface area contributed by atoms with Crippen molar-refractivity contribution in [1.29, 1.82) is 0 Å². The molecular weight excluding hydrogens is 72.1 g/mol. The summed E-state index contributed by atoms with van der Waals surface area (Å²) in [4.78, 5) is 0. The molecule has 0 aromatic rings. The lowest BCUT2D eigenvalue weighted by Crippen LogP contribution is -1.69. The van der Waals surface area contributed by atoms with E-state index >= 15 is 0 Å². The molecule has 6 heavy (non-hydrogen) atoms. The molecule has 29 valence electrons. The van der Waals surface area contributed by atoms with E-state index in [1.54, 1.807) is 0 Å². The van der Waals surface area contributed by atoms with Crippen molar-refractivity contribution in [1.82, 2.24) is 0 Å². The van der Waals surface area contributed by atoms with Crippen molar-refractivity contribution in [3.05, 3.63) is 18.6 Å². The van der Waals surface area contributed by atoms with Gasteiger partial charge in [0.25, 0.3) is 0 Å². The van der Waals surface area contributed by atoms with Gasteiger partial charge < -0.3 is 0 Å². The summed E-state index contributed by atoms with van der Waals surface area (Å²) in [6.45, 7) is 0. The van der Waals surface area contributed by atoms with E-state index in [2.05, 4.69) is 11.8 Å². The minimum Gasteiger partial charge on any atom is -0.0979 e. The van der Waals surface area contributed by atoms with Gasteiger partial charge in [0.2, 0.25) is 0 Å². The van der Waals surface area contributed by atoms with Crippen LogP contribution in [0, 0.1) is 18.3 Å². The van der Waals surface area contributed by atoms with Gasteiger partial charge in [0, 0.05) is 6.42 Å². The summed E-state index contributed by atoms with van der Waals surface area (Å²) in [7, 11) is 0. The van der Waals surface area contributed by atoms with Gasteiger partial charge in [0.1, 0.15) is 0 Å². The molecule has 0 fully saturated rings. The number of hydrogen-bond donors (Lipinski definition) is 0. The topological polar surface area (TPSA) is 0 Å². The maximum absolute atomic E-state index is 2.89. The summed E-state index contributed by atoms with van der Waals surface area (Å²) in [5, 5.41) is 0. The van der Waals surface area contributed by atoms with Crippen molar-refractivity contribution in [2.75, 3.05) is 0 Å². The number of allylic oxidation sites excluding steroid dienone is 2. The van der Waals surface area contributed by atoms with Crippen LogP contribution < -0.4 is 0 Å². The Morgan fingerprint density at radius 1 is 1.50 bits per heavy atom. The Morgan fingerprint density at radius 3 is 2.67 bits per heavy atom. The number of hydrogen-bond acceptors (Lipinski definition) is 0. The zero-order valence-electron chi connectivity index (χ0n) is 3.44. The lowest BCUT2D eigenvalue weighted by Gasteiger charge is -1.82. The first kappa shape index (κ1) is 3.49. The molecule has 1 radical (unpaired) electrons. The molecule has 0 heteroatoms. The fourth-order valence-corrected chi connectivity index (χ4v) is 0.361. The maximum atomic E-state index is 2.89. The SMILES string of the molecule is C1#CC[CH]C=C1. The molecule has 1 aliphatic carbocycles. The highest BCUT2D eigenvalue weighted by atomic mass is 13.8. The standard InChI is InChI=1S/C6H5/c1-2-4-6-5-3-1/h1-3H,4H2. The van der Waals surface area contributed by atoms with E-state index in [1.165, 1.54) is 0 Å². The van der Waals surface area contributed by atoms with Gasteiger partial charge in [0.15, 0.2) is 0 Å². The van der Waals surface area contributed by atoms with Crippen LogP contribution in [-0.2, 0) is 0 Å². The smallest absolute Gasteiger partial charge is 0.0162 e. The second-order valence-electron chi connectivity index (χ2n) is 1.12. The molecule has 0 heterocycles. The van der Waals surface area contributed by atoms with E-state index in [9.17, 15) is 0 Å². The molecule has 0 saturated heterocycles. The van der Waals surface area contributed by atoms with Crippen LogP contribution in [0.2, 0.25) is 0 Å². The largest absolute Gasteiger partial charge is 0.0979 e. The second-order valence-corrected chi connectivity index (χ2v) is 1.12. The molecular formula is C6H5. The molecule has 0 N–H and O–H groups in total. The van der Waals surface area contributed by atoms with Crippen molar-refractivity contribution >= 4 is 0 Å². The molecule has 0 aliphatic heterocycles. The first-order chi connectivity index (χ1) is 3.00. The third-order valence-corrected chi connectivity index (χ3v) is 0.638. The van der Waals surface area contributed by atoms with E-state index < -0.39 is 0 Å². The molecule has 0 aromatic heterocycles. The summed E-state index contributed by atoms with van der Waals surface area (Å²) in [5.41, 5.74) is 0. The lowest BCUT2D eigenvalue weighted by atomic mass is 10.2. The van der Waals surface area contributed by atoms with Crippen LogP contribution in [0.25, 0.3) is 0 Å². The molecule has 0 saturated carbocycles. The molecule has 0 nitrogen and oxygen atoms in total. The number of rotatable bonds is 0. The second kappa shape index (κ2) is 1.67. The zero-order chi connectivity index (χ0) is 4.24. The van der Waals surface area contributed by atoms with Gasteiger partial charge in [-0.15, -0.1) is 0 Å². The highest BCUT2D eigenvalue weighted by molar-refractivity contribution is 5.24. The van der Waals surface area contributed by atoms with Crippen molar-refractivity contribution in [2.24, 2.45) is 0 Å². The molecule has 0 aromatic carbocycles. The maximum Gasteiger partial charge on any atom is 0.0162 e. The van der Waals surface area contributed by atoms with Crippen LogP contribution in [0.3, 0.4) is 0 Å². The van der Waals surface area contributed by atoms with E-state index in [4.69, 9.17) is 0 Å². The third-order valence-electron chi connectivity index (χ3n) is 0.638. The van der Waals surface area contributed by atoms with Gasteiger partial charge in [-0.25, -0.2) is 0 Å². The first-order valence-corrected chi connectivity index (χ1v) is 1.97. The average molecular weight is 77.1 g/mol. The lowest BCUT2D eigenvalue weighted by molar-refractivity contribution is 1.33. The van der Waals surface area contributed by atoms with E-state index in [-0.39, 0.29) is 0 Å². The van der Waals surface area contributed by atoms with Gasteiger partial charge in [-0.3, -0.25) is 0 Å². The van der Waals surface area contributed by atoms with E-state index in [0.29, 0.717) is 0 Å². The third kappa shape index (κ3) is 0.621. The molecule has 1 aliphatic rings. The van der Waals surface area contributed by atoms with Crippen molar-refractivity contribution in [2.45, 2.75) is 6.42 Å². The molecule has 0 unspecified atom stereocenters. The zero-order valence-corrected chi connectivity index (χ0v) is 3.44. The van der Waals surface area contributed by atoms with Crippen LogP contribution in [0.5, 0.6) is 0 Å². The van der Waals surface area contributed by atoms with Crippen LogP contribution in [-0.4, -0.2) is 0 Å². The van der Waals surface area contributed by atoms with Crippen LogP contribution >= 0.6 is 0 Å². The van der Waals surface area contributed by atoms with Crippen molar-refractivity contribution in [3.63, 3.8) is 0 Å². The Hall–Kier alpha value is -0.700. The van der Waals surface area contributed by atoms with Crippen molar-refractivity contribution < 1.29 is 0 Å². The highest BCUT2D eigenvalue weighted by Gasteiger charge is 1.76. The summed E-state index contributed by atoms with van der Waals surface area (Å²) in [6.07, 6.45) is 6.78. The van der Waals surface area contributed by atoms with E-state index in [0.717, 1.165) is 6.42 Å². The van der Waals surface area contributed by atoms with E-state index in [1.807, 2.05) is 18.6 Å². The first-order valence-electron chi connectivity index (χ1n) is 1.97. The van der Waals surface area contributed by atoms with Crippen LogP contribution in [0.1, 0.15) is 6.42 Å². The van der Waals surface area contributed by atoms with Gasteiger partial charge in [-0.1, -0.05) is 17.9 Å². The summed E-state index contributed by atoms with van der Waals surface area (Å²) < 4.78 is 0. The van der Waals surface area contributed by atoms with Crippen molar-refractivity contribution in [3.8, 4) is 11.8 Å². The Morgan fingerprint density at radius 2 is 2.50 bits per heavy atom. The molecule has 0 amide bonds. The summed E-state index contributed by atoms with van der Waals surface area (Å²) in [6, 6.07) is 0. The Balaban J connectivity index is 2.58. The van der Waals surface area contributed by atoms with Crippen LogP contribution in [0.4, 0.5) is 0 Å². The monoisotopic (exact) mass is 77.0 g/mol. The van der Waals surface area contributed by atoms with Gasteiger partial charge >= 0.3 is 0 Å². The Bertz CT molecular complexity index is 110. The van der Waals surface area contributed by atoms with Gasteiger partial charge in [-0.05, 0) is 12.5 Å². The predicted octanol–water partition coefficient (Wildman–Crippen LogP) is 1.15. The van der Waals surface area contributed by atoms with Gasteiger partial charge in [-0.2, -0.15) is 0 Å². The predicted molar refractivity (Wildman–Crippen MR) is 25.8 cm³/mol. The van der Waals surface area contributed by atoms with Crippen LogP contribution in [0.15, 0.2) is 12.2 Å². The molecule has 1 rings (SSSR count). The Labute approximate surface area is 37.9 Å². The fourth-order valence-electron chi connectivity index (χ4n) is 0.361. The molecule has 0 atom stereocenters. The Kier molecular flexibility index (Phi) is 0.969. The molecule has 0 spiro atoms. The minimum atomic E-state index is 0.927. The minimum absolute atomic E-state index is 0.927. The quantitative estimate of drug-likeness (QED) is 0.380. The fraction of sp³-hybridized carbons (Fsp3) is 0.167. The average Bonchev–Trinajstić information content (AvgIpc) is 1.72. The van der Waals surface area contributed by atoms with Gasteiger partial charge in [0.05, 0.1) is 0 Å². The molecule has 0 bridgehead atoms. The summed E-state index contributed by atoms with van der Waals surface area (Å²) in [5.74, 6) is 5.72.